The molecular formula is C10H9BrN4O. The molecule has 1 aliphatic heterocycles. The van der Waals surface area contributed by atoms with Crippen LogP contribution in [0, 0.1) is 0 Å². The van der Waals surface area contributed by atoms with Crippen molar-refractivity contribution >= 4 is 15.9 Å². The van der Waals surface area contributed by atoms with Crippen molar-refractivity contribution in [2.24, 2.45) is 0 Å². The maximum absolute atomic E-state index is 5.50. The molecule has 0 spiro atoms. The van der Waals surface area contributed by atoms with Gasteiger partial charge in [0, 0.05) is 24.4 Å². The van der Waals surface area contributed by atoms with Crippen LogP contribution in [0.15, 0.2) is 23.1 Å². The standard InChI is InChI=1S/C10H9BrN4O/c11-8-5-12-9(13-6-8)3-7-4-14-15-1-2-16-10(7)15/h4-6H,1-3H2. The highest BCUT2D eigenvalue weighted by atomic mass is 79.9. The third kappa shape index (κ3) is 1.69. The Morgan fingerprint density at radius 3 is 2.94 bits per heavy atom. The Morgan fingerprint density at radius 1 is 1.31 bits per heavy atom. The summed E-state index contributed by atoms with van der Waals surface area (Å²) in [7, 11) is 0. The van der Waals surface area contributed by atoms with E-state index in [1.165, 1.54) is 0 Å². The fourth-order valence-corrected chi connectivity index (χ4v) is 1.89. The molecule has 0 unspecified atom stereocenters. The van der Waals surface area contributed by atoms with Gasteiger partial charge in [-0.25, -0.2) is 14.6 Å². The fourth-order valence-electron chi connectivity index (χ4n) is 1.69. The number of rotatable bonds is 2. The first-order valence-electron chi connectivity index (χ1n) is 4.97. The highest BCUT2D eigenvalue weighted by Crippen LogP contribution is 2.24. The zero-order chi connectivity index (χ0) is 11.0. The van der Waals surface area contributed by atoms with Gasteiger partial charge in [0.05, 0.1) is 17.2 Å². The van der Waals surface area contributed by atoms with Crippen molar-refractivity contribution in [3.05, 3.63) is 34.5 Å². The molecular weight excluding hydrogens is 272 g/mol. The molecule has 0 saturated carbocycles. The lowest BCUT2D eigenvalue weighted by molar-refractivity contribution is 0.354. The predicted molar refractivity (Wildman–Crippen MR) is 60.3 cm³/mol. The Hall–Kier alpha value is -1.43. The Balaban J connectivity index is 1.86. The number of hydrogen-bond acceptors (Lipinski definition) is 4. The van der Waals surface area contributed by atoms with Crippen molar-refractivity contribution in [3.63, 3.8) is 0 Å². The molecule has 82 valence electrons. The molecule has 0 aliphatic carbocycles. The first-order chi connectivity index (χ1) is 7.83. The Bertz CT molecular complexity index is 508. The van der Waals surface area contributed by atoms with Crippen molar-refractivity contribution in [3.8, 4) is 5.88 Å². The fraction of sp³-hybridized carbons (Fsp3) is 0.300. The molecule has 0 amide bonds. The lowest BCUT2D eigenvalue weighted by Gasteiger charge is -2.00. The molecule has 3 heterocycles. The predicted octanol–water partition coefficient (Wildman–Crippen LogP) is 1.42. The summed E-state index contributed by atoms with van der Waals surface area (Å²) in [5, 5.41) is 4.24. The maximum atomic E-state index is 5.50. The van der Waals surface area contributed by atoms with Crippen LogP contribution in [-0.4, -0.2) is 26.4 Å². The van der Waals surface area contributed by atoms with Crippen molar-refractivity contribution in [1.29, 1.82) is 0 Å². The van der Waals surface area contributed by atoms with Crippen LogP contribution in [0.4, 0.5) is 0 Å². The van der Waals surface area contributed by atoms with E-state index in [4.69, 9.17) is 4.74 Å². The molecule has 2 aromatic rings. The van der Waals surface area contributed by atoms with Crippen LogP contribution in [0.25, 0.3) is 0 Å². The molecule has 0 aromatic carbocycles. The molecule has 3 rings (SSSR count). The molecule has 2 aromatic heterocycles. The quantitative estimate of drug-likeness (QED) is 0.835. The van der Waals surface area contributed by atoms with Crippen LogP contribution in [0.1, 0.15) is 11.4 Å². The van der Waals surface area contributed by atoms with Gasteiger partial charge >= 0.3 is 0 Å². The van der Waals surface area contributed by atoms with E-state index in [1.54, 1.807) is 12.4 Å². The van der Waals surface area contributed by atoms with E-state index in [-0.39, 0.29) is 0 Å². The van der Waals surface area contributed by atoms with Crippen LogP contribution < -0.4 is 4.74 Å². The van der Waals surface area contributed by atoms with E-state index in [9.17, 15) is 0 Å². The number of halogens is 1. The number of ether oxygens (including phenoxy) is 1. The van der Waals surface area contributed by atoms with Crippen molar-refractivity contribution in [1.82, 2.24) is 19.7 Å². The lowest BCUT2D eigenvalue weighted by Crippen LogP contribution is -1.97. The highest BCUT2D eigenvalue weighted by Gasteiger charge is 2.18. The van der Waals surface area contributed by atoms with Gasteiger partial charge in [0.1, 0.15) is 12.4 Å². The minimum atomic E-state index is 0.655. The van der Waals surface area contributed by atoms with E-state index in [0.717, 1.165) is 28.3 Å². The topological polar surface area (TPSA) is 52.8 Å². The largest absolute Gasteiger partial charge is 0.476 e. The number of hydrogen-bond donors (Lipinski definition) is 0. The summed E-state index contributed by atoms with van der Waals surface area (Å²) in [6, 6.07) is 0. The van der Waals surface area contributed by atoms with Gasteiger partial charge < -0.3 is 4.74 Å². The van der Waals surface area contributed by atoms with Gasteiger partial charge in [-0.3, -0.25) is 0 Å². The van der Waals surface area contributed by atoms with Crippen LogP contribution in [-0.2, 0) is 13.0 Å². The molecule has 6 heteroatoms. The molecule has 0 radical (unpaired) electrons. The summed E-state index contributed by atoms with van der Waals surface area (Å²) in [5.41, 5.74) is 1.04. The Labute approximate surface area is 101 Å². The minimum Gasteiger partial charge on any atom is -0.476 e. The molecule has 0 saturated heterocycles. The molecule has 0 N–H and O–H groups in total. The van der Waals surface area contributed by atoms with Crippen molar-refractivity contribution in [2.75, 3.05) is 6.61 Å². The second-order valence-electron chi connectivity index (χ2n) is 3.54. The molecule has 0 fully saturated rings. The summed E-state index contributed by atoms with van der Waals surface area (Å²) in [6.45, 7) is 1.54. The average molecular weight is 281 g/mol. The maximum Gasteiger partial charge on any atom is 0.215 e. The van der Waals surface area contributed by atoms with Gasteiger partial charge in [0.25, 0.3) is 0 Å². The van der Waals surface area contributed by atoms with E-state index in [1.807, 2.05) is 10.9 Å². The van der Waals surface area contributed by atoms with E-state index in [2.05, 4.69) is 31.0 Å². The van der Waals surface area contributed by atoms with Gasteiger partial charge in [-0.05, 0) is 15.9 Å². The van der Waals surface area contributed by atoms with Crippen molar-refractivity contribution < 1.29 is 4.74 Å². The molecule has 0 atom stereocenters. The van der Waals surface area contributed by atoms with E-state index in [0.29, 0.717) is 13.0 Å². The second-order valence-corrected chi connectivity index (χ2v) is 4.46. The SMILES string of the molecule is Brc1cnc(Cc2cnn3c2OCC3)nc1. The van der Waals surface area contributed by atoms with Crippen LogP contribution in [0.3, 0.4) is 0 Å². The minimum absolute atomic E-state index is 0.655. The summed E-state index contributed by atoms with van der Waals surface area (Å²) >= 11 is 3.31. The van der Waals surface area contributed by atoms with Crippen LogP contribution in [0.2, 0.25) is 0 Å². The van der Waals surface area contributed by atoms with Gasteiger partial charge in [0.15, 0.2) is 0 Å². The number of nitrogens with zero attached hydrogens (tertiary/aromatic N) is 4. The summed E-state index contributed by atoms with van der Waals surface area (Å²) < 4.78 is 8.25. The average Bonchev–Trinajstić information content (AvgIpc) is 2.86. The molecule has 0 bridgehead atoms. The van der Waals surface area contributed by atoms with Crippen LogP contribution in [0.5, 0.6) is 5.88 Å². The Kier molecular flexibility index (Phi) is 2.36. The smallest absolute Gasteiger partial charge is 0.215 e. The van der Waals surface area contributed by atoms with Gasteiger partial charge in [0.2, 0.25) is 5.88 Å². The monoisotopic (exact) mass is 280 g/mol. The molecule has 5 nitrogen and oxygen atoms in total. The molecule has 1 aliphatic rings. The first-order valence-corrected chi connectivity index (χ1v) is 5.76. The molecule has 16 heavy (non-hydrogen) atoms. The van der Waals surface area contributed by atoms with Crippen molar-refractivity contribution in [2.45, 2.75) is 13.0 Å². The Morgan fingerprint density at radius 2 is 2.12 bits per heavy atom. The highest BCUT2D eigenvalue weighted by molar-refractivity contribution is 9.10. The second kappa shape index (κ2) is 3.86. The number of aromatic nitrogens is 4. The summed E-state index contributed by atoms with van der Waals surface area (Å²) in [6.07, 6.45) is 5.96. The summed E-state index contributed by atoms with van der Waals surface area (Å²) in [4.78, 5) is 8.46. The first kappa shape index (κ1) is 9.77. The van der Waals surface area contributed by atoms with Crippen LogP contribution >= 0.6 is 15.9 Å². The number of fused-ring (bicyclic) bond motifs is 1. The zero-order valence-electron chi connectivity index (χ0n) is 8.43. The normalized spacial score (nSPS) is 13.6. The van der Waals surface area contributed by atoms with E-state index < -0.39 is 0 Å². The lowest BCUT2D eigenvalue weighted by atomic mass is 10.2. The third-order valence-corrected chi connectivity index (χ3v) is 2.84. The zero-order valence-corrected chi connectivity index (χ0v) is 10.0. The van der Waals surface area contributed by atoms with Gasteiger partial charge in [-0.15, -0.1) is 0 Å². The van der Waals surface area contributed by atoms with E-state index >= 15 is 0 Å². The third-order valence-electron chi connectivity index (χ3n) is 2.43. The van der Waals surface area contributed by atoms with Gasteiger partial charge in [-0.2, -0.15) is 5.10 Å². The summed E-state index contributed by atoms with van der Waals surface area (Å²) in [5.74, 6) is 1.63. The van der Waals surface area contributed by atoms with Gasteiger partial charge in [-0.1, -0.05) is 0 Å².